The molecule has 0 spiro atoms. The van der Waals surface area contributed by atoms with Gasteiger partial charge in [0, 0.05) is 18.0 Å². The quantitative estimate of drug-likeness (QED) is 0.895. The lowest BCUT2D eigenvalue weighted by molar-refractivity contribution is 0.281. The van der Waals surface area contributed by atoms with Gasteiger partial charge in [-0.1, -0.05) is 25.5 Å². The molecular formula is C15H17NO2. The standard InChI is InChI=1S/C15H17NO2/c1-2-3-12-4-6-14(7-5-12)16-9-8-13(11-17)10-15(16)18/h4-10,17H,2-3,11H2,1H3. The van der Waals surface area contributed by atoms with Crippen LogP contribution in [0.5, 0.6) is 0 Å². The van der Waals surface area contributed by atoms with E-state index < -0.39 is 0 Å². The van der Waals surface area contributed by atoms with Gasteiger partial charge in [-0.3, -0.25) is 9.36 Å². The number of hydrogen-bond donors (Lipinski definition) is 1. The SMILES string of the molecule is CCCc1ccc(-n2ccc(CO)cc2=O)cc1. The van der Waals surface area contributed by atoms with Gasteiger partial charge in [0.15, 0.2) is 0 Å². The fourth-order valence-corrected chi connectivity index (χ4v) is 1.94. The number of aliphatic hydroxyl groups is 1. The van der Waals surface area contributed by atoms with Crippen molar-refractivity contribution in [3.63, 3.8) is 0 Å². The second kappa shape index (κ2) is 5.65. The average Bonchev–Trinajstić information content (AvgIpc) is 2.40. The maximum absolute atomic E-state index is 11.9. The topological polar surface area (TPSA) is 42.2 Å². The van der Waals surface area contributed by atoms with Crippen molar-refractivity contribution in [2.45, 2.75) is 26.4 Å². The summed E-state index contributed by atoms with van der Waals surface area (Å²) in [7, 11) is 0. The van der Waals surface area contributed by atoms with Gasteiger partial charge in [0.2, 0.25) is 0 Å². The van der Waals surface area contributed by atoms with E-state index in [1.54, 1.807) is 16.8 Å². The first-order valence-corrected chi connectivity index (χ1v) is 6.16. The van der Waals surface area contributed by atoms with E-state index in [1.807, 2.05) is 24.3 Å². The highest BCUT2D eigenvalue weighted by molar-refractivity contribution is 5.35. The van der Waals surface area contributed by atoms with E-state index in [4.69, 9.17) is 5.11 Å². The minimum atomic E-state index is -0.121. The average molecular weight is 243 g/mol. The molecule has 0 saturated carbocycles. The third kappa shape index (κ3) is 2.68. The second-order valence-electron chi connectivity index (χ2n) is 4.32. The van der Waals surface area contributed by atoms with Crippen molar-refractivity contribution in [3.05, 3.63) is 64.1 Å². The van der Waals surface area contributed by atoms with Gasteiger partial charge >= 0.3 is 0 Å². The summed E-state index contributed by atoms with van der Waals surface area (Å²) < 4.78 is 1.58. The van der Waals surface area contributed by atoms with Crippen molar-refractivity contribution in [3.8, 4) is 5.69 Å². The van der Waals surface area contributed by atoms with Gasteiger partial charge in [0.05, 0.1) is 6.61 Å². The largest absolute Gasteiger partial charge is 0.392 e. The van der Waals surface area contributed by atoms with E-state index in [0.29, 0.717) is 5.56 Å². The predicted octanol–water partition coefficient (Wildman–Crippen LogP) is 2.28. The molecule has 0 atom stereocenters. The number of aliphatic hydroxyl groups excluding tert-OH is 1. The molecule has 1 N–H and O–H groups in total. The first-order valence-electron chi connectivity index (χ1n) is 6.16. The Balaban J connectivity index is 2.34. The van der Waals surface area contributed by atoms with E-state index >= 15 is 0 Å². The molecule has 2 aromatic rings. The number of rotatable bonds is 4. The van der Waals surface area contributed by atoms with Crippen molar-refractivity contribution in [1.82, 2.24) is 4.57 Å². The van der Waals surface area contributed by atoms with Crippen molar-refractivity contribution < 1.29 is 5.11 Å². The lowest BCUT2D eigenvalue weighted by Gasteiger charge is -2.07. The molecule has 1 heterocycles. The molecule has 1 aromatic heterocycles. The van der Waals surface area contributed by atoms with E-state index in [9.17, 15) is 4.79 Å². The third-order valence-electron chi connectivity index (χ3n) is 2.92. The van der Waals surface area contributed by atoms with Gasteiger partial charge in [-0.15, -0.1) is 0 Å². The number of hydrogen-bond acceptors (Lipinski definition) is 2. The maximum Gasteiger partial charge on any atom is 0.255 e. The molecule has 0 aliphatic rings. The lowest BCUT2D eigenvalue weighted by Crippen LogP contribution is -2.17. The number of aryl methyl sites for hydroxylation is 1. The first-order chi connectivity index (χ1) is 8.74. The minimum Gasteiger partial charge on any atom is -0.392 e. The molecule has 3 nitrogen and oxygen atoms in total. The maximum atomic E-state index is 11.9. The molecule has 0 bridgehead atoms. The number of benzene rings is 1. The summed E-state index contributed by atoms with van der Waals surface area (Å²) in [6, 6.07) is 11.2. The van der Waals surface area contributed by atoms with Crippen LogP contribution >= 0.6 is 0 Å². The Morgan fingerprint density at radius 2 is 1.83 bits per heavy atom. The molecular weight excluding hydrogens is 226 g/mol. The summed E-state index contributed by atoms with van der Waals surface area (Å²) in [5.41, 5.74) is 2.65. The van der Waals surface area contributed by atoms with Gasteiger partial charge in [-0.05, 0) is 35.7 Å². The van der Waals surface area contributed by atoms with Crippen molar-refractivity contribution in [2.75, 3.05) is 0 Å². The van der Waals surface area contributed by atoms with Gasteiger partial charge < -0.3 is 5.11 Å². The molecule has 2 rings (SSSR count). The van der Waals surface area contributed by atoms with Crippen molar-refractivity contribution >= 4 is 0 Å². The van der Waals surface area contributed by atoms with Crippen molar-refractivity contribution in [1.29, 1.82) is 0 Å². The predicted molar refractivity (Wildman–Crippen MR) is 72.0 cm³/mol. The zero-order chi connectivity index (χ0) is 13.0. The number of pyridine rings is 1. The Labute approximate surface area is 106 Å². The zero-order valence-electron chi connectivity index (χ0n) is 10.5. The molecule has 0 radical (unpaired) electrons. The van der Waals surface area contributed by atoms with E-state index in [-0.39, 0.29) is 12.2 Å². The molecule has 0 aliphatic heterocycles. The van der Waals surface area contributed by atoms with Crippen LogP contribution in [-0.4, -0.2) is 9.67 Å². The Kier molecular flexibility index (Phi) is 3.95. The van der Waals surface area contributed by atoms with Crippen LogP contribution in [-0.2, 0) is 13.0 Å². The Morgan fingerprint density at radius 1 is 1.11 bits per heavy atom. The molecule has 1 aromatic carbocycles. The highest BCUT2D eigenvalue weighted by Crippen LogP contribution is 2.09. The van der Waals surface area contributed by atoms with Crippen LogP contribution in [0.2, 0.25) is 0 Å². The second-order valence-corrected chi connectivity index (χ2v) is 4.32. The summed E-state index contributed by atoms with van der Waals surface area (Å²) in [5.74, 6) is 0. The molecule has 0 fully saturated rings. The molecule has 0 aliphatic carbocycles. The highest BCUT2D eigenvalue weighted by Gasteiger charge is 2.01. The summed E-state index contributed by atoms with van der Waals surface area (Å²) >= 11 is 0. The van der Waals surface area contributed by atoms with E-state index in [2.05, 4.69) is 6.92 Å². The van der Waals surface area contributed by atoms with Crippen molar-refractivity contribution in [2.24, 2.45) is 0 Å². The summed E-state index contributed by atoms with van der Waals surface area (Å²) in [4.78, 5) is 11.9. The van der Waals surface area contributed by atoms with Crippen LogP contribution < -0.4 is 5.56 Å². The number of nitrogens with zero attached hydrogens (tertiary/aromatic N) is 1. The van der Waals surface area contributed by atoms with Gasteiger partial charge in [-0.2, -0.15) is 0 Å². The van der Waals surface area contributed by atoms with Crippen LogP contribution in [0.3, 0.4) is 0 Å². The van der Waals surface area contributed by atoms with Crippen LogP contribution in [0.1, 0.15) is 24.5 Å². The van der Waals surface area contributed by atoms with Crippen LogP contribution in [0, 0.1) is 0 Å². The van der Waals surface area contributed by atoms with Gasteiger partial charge in [0.25, 0.3) is 5.56 Å². The fourth-order valence-electron chi connectivity index (χ4n) is 1.94. The van der Waals surface area contributed by atoms with Gasteiger partial charge in [0.1, 0.15) is 0 Å². The third-order valence-corrected chi connectivity index (χ3v) is 2.92. The number of aromatic nitrogens is 1. The Morgan fingerprint density at radius 3 is 2.39 bits per heavy atom. The lowest BCUT2D eigenvalue weighted by atomic mass is 10.1. The molecule has 3 heteroatoms. The Bertz CT molecular complexity index is 570. The summed E-state index contributed by atoms with van der Waals surface area (Å²) in [5, 5.41) is 8.97. The van der Waals surface area contributed by atoms with Crippen LogP contribution in [0.4, 0.5) is 0 Å². The zero-order valence-corrected chi connectivity index (χ0v) is 10.5. The molecule has 0 amide bonds. The van der Waals surface area contributed by atoms with Crippen LogP contribution in [0.15, 0.2) is 47.4 Å². The monoisotopic (exact) mass is 243 g/mol. The molecule has 0 unspecified atom stereocenters. The molecule has 94 valence electrons. The smallest absolute Gasteiger partial charge is 0.255 e. The molecule has 0 saturated heterocycles. The van der Waals surface area contributed by atoms with E-state index in [1.165, 1.54) is 11.6 Å². The minimum absolute atomic E-state index is 0.106. The molecule has 18 heavy (non-hydrogen) atoms. The fraction of sp³-hybridized carbons (Fsp3) is 0.267. The van der Waals surface area contributed by atoms with Crippen LogP contribution in [0.25, 0.3) is 5.69 Å². The highest BCUT2D eigenvalue weighted by atomic mass is 16.3. The summed E-state index contributed by atoms with van der Waals surface area (Å²) in [6.45, 7) is 2.04. The normalized spacial score (nSPS) is 10.6. The Hall–Kier alpha value is -1.87. The first kappa shape index (κ1) is 12.6. The van der Waals surface area contributed by atoms with E-state index in [0.717, 1.165) is 18.5 Å². The summed E-state index contributed by atoms with van der Waals surface area (Å²) in [6.07, 6.45) is 3.87. The van der Waals surface area contributed by atoms with Gasteiger partial charge in [-0.25, -0.2) is 0 Å².